The van der Waals surface area contributed by atoms with E-state index in [0.29, 0.717) is 18.7 Å². The number of amides is 2. The standard InChI is InChI=1S/C22H23FN2O2/c1-14-4-2-3-5-18(14)19-12-25(13-20(19)21(26)24-17-10-11-17)22(27)15-6-8-16(23)9-7-15/h2-9,17,19-20H,10-13H2,1H3,(H,24,26). The summed E-state index contributed by atoms with van der Waals surface area (Å²) in [5.41, 5.74) is 2.69. The first-order chi connectivity index (χ1) is 13.0. The fraction of sp³-hybridized carbons (Fsp3) is 0.364. The molecule has 2 unspecified atom stereocenters. The maximum absolute atomic E-state index is 13.2. The normalized spacial score (nSPS) is 21.9. The van der Waals surface area contributed by atoms with Crippen LogP contribution in [0.3, 0.4) is 0 Å². The second-order valence-electron chi connectivity index (χ2n) is 7.57. The molecule has 4 rings (SSSR count). The van der Waals surface area contributed by atoms with Gasteiger partial charge in [-0.2, -0.15) is 0 Å². The molecule has 4 nitrogen and oxygen atoms in total. The summed E-state index contributed by atoms with van der Waals surface area (Å²) in [5, 5.41) is 3.10. The minimum Gasteiger partial charge on any atom is -0.353 e. The molecule has 0 bridgehead atoms. The number of likely N-dealkylation sites (tertiary alicyclic amines) is 1. The SMILES string of the molecule is Cc1ccccc1C1CN(C(=O)c2ccc(F)cc2)CC1C(=O)NC1CC1. The molecule has 0 aromatic heterocycles. The first-order valence-electron chi connectivity index (χ1n) is 9.43. The van der Waals surface area contributed by atoms with Gasteiger partial charge in [0.2, 0.25) is 5.91 Å². The van der Waals surface area contributed by atoms with Gasteiger partial charge in [-0.05, 0) is 55.2 Å². The van der Waals surface area contributed by atoms with Gasteiger partial charge in [-0.3, -0.25) is 9.59 Å². The van der Waals surface area contributed by atoms with Crippen LogP contribution in [0.1, 0.15) is 40.2 Å². The lowest BCUT2D eigenvalue weighted by Gasteiger charge is -2.19. The molecule has 2 atom stereocenters. The zero-order valence-corrected chi connectivity index (χ0v) is 15.3. The van der Waals surface area contributed by atoms with Crippen molar-refractivity contribution in [2.75, 3.05) is 13.1 Å². The molecule has 1 aliphatic carbocycles. The second-order valence-corrected chi connectivity index (χ2v) is 7.57. The molecule has 1 N–H and O–H groups in total. The fourth-order valence-corrected chi connectivity index (χ4v) is 3.86. The van der Waals surface area contributed by atoms with E-state index >= 15 is 0 Å². The highest BCUT2D eigenvalue weighted by atomic mass is 19.1. The first kappa shape index (κ1) is 17.7. The van der Waals surface area contributed by atoms with Crippen LogP contribution in [-0.4, -0.2) is 35.8 Å². The van der Waals surface area contributed by atoms with Crippen molar-refractivity contribution in [3.63, 3.8) is 0 Å². The average Bonchev–Trinajstić information content (AvgIpc) is 3.36. The molecule has 0 spiro atoms. The van der Waals surface area contributed by atoms with Gasteiger partial charge in [0.1, 0.15) is 5.82 Å². The minimum atomic E-state index is -0.368. The molecule has 2 amide bonds. The summed E-state index contributed by atoms with van der Waals surface area (Å²) in [6, 6.07) is 13.9. The van der Waals surface area contributed by atoms with Crippen molar-refractivity contribution in [3.05, 3.63) is 71.0 Å². The van der Waals surface area contributed by atoms with Crippen molar-refractivity contribution in [1.29, 1.82) is 0 Å². The zero-order chi connectivity index (χ0) is 19.0. The summed E-state index contributed by atoms with van der Waals surface area (Å²) >= 11 is 0. The van der Waals surface area contributed by atoms with E-state index < -0.39 is 0 Å². The molecule has 1 saturated carbocycles. The number of halogens is 1. The van der Waals surface area contributed by atoms with Crippen molar-refractivity contribution in [2.24, 2.45) is 5.92 Å². The smallest absolute Gasteiger partial charge is 0.253 e. The average molecular weight is 366 g/mol. The number of carbonyl (C=O) groups is 2. The van der Waals surface area contributed by atoms with E-state index in [1.807, 2.05) is 31.2 Å². The number of nitrogens with one attached hydrogen (secondary N) is 1. The van der Waals surface area contributed by atoms with E-state index in [2.05, 4.69) is 5.32 Å². The Bertz CT molecular complexity index is 861. The van der Waals surface area contributed by atoms with E-state index in [9.17, 15) is 14.0 Å². The summed E-state index contributed by atoms with van der Waals surface area (Å²) in [7, 11) is 0. The molecular formula is C22H23FN2O2. The molecule has 2 aliphatic rings. The van der Waals surface area contributed by atoms with Gasteiger partial charge >= 0.3 is 0 Å². The third-order valence-electron chi connectivity index (χ3n) is 5.55. The molecular weight excluding hydrogens is 343 g/mol. The first-order valence-corrected chi connectivity index (χ1v) is 9.43. The molecule has 1 saturated heterocycles. The van der Waals surface area contributed by atoms with E-state index in [1.54, 1.807) is 4.90 Å². The number of nitrogens with zero attached hydrogens (tertiary/aromatic N) is 1. The summed E-state index contributed by atoms with van der Waals surface area (Å²) in [6.07, 6.45) is 2.07. The van der Waals surface area contributed by atoms with E-state index in [1.165, 1.54) is 24.3 Å². The molecule has 27 heavy (non-hydrogen) atoms. The summed E-state index contributed by atoms with van der Waals surface area (Å²) < 4.78 is 13.2. The monoisotopic (exact) mass is 366 g/mol. The van der Waals surface area contributed by atoms with Crippen LogP contribution in [0.25, 0.3) is 0 Å². The molecule has 0 radical (unpaired) electrons. The lowest BCUT2D eigenvalue weighted by Crippen LogP contribution is -2.36. The highest BCUT2D eigenvalue weighted by molar-refractivity contribution is 5.95. The van der Waals surface area contributed by atoms with Crippen LogP contribution in [0.2, 0.25) is 0 Å². The molecule has 2 aromatic rings. The Morgan fingerprint density at radius 2 is 1.74 bits per heavy atom. The summed E-state index contributed by atoms with van der Waals surface area (Å²) in [5.74, 6) is -0.798. The Hall–Kier alpha value is -2.69. The van der Waals surface area contributed by atoms with Gasteiger partial charge < -0.3 is 10.2 Å². The topological polar surface area (TPSA) is 49.4 Å². The Morgan fingerprint density at radius 1 is 1.04 bits per heavy atom. The Morgan fingerprint density at radius 3 is 2.41 bits per heavy atom. The molecule has 1 heterocycles. The van der Waals surface area contributed by atoms with E-state index in [4.69, 9.17) is 0 Å². The van der Waals surface area contributed by atoms with Crippen LogP contribution < -0.4 is 5.32 Å². The number of rotatable bonds is 4. The van der Waals surface area contributed by atoms with Crippen molar-refractivity contribution >= 4 is 11.8 Å². The van der Waals surface area contributed by atoms with Gasteiger partial charge in [-0.15, -0.1) is 0 Å². The van der Waals surface area contributed by atoms with Gasteiger partial charge in [0.05, 0.1) is 5.92 Å². The molecule has 1 aliphatic heterocycles. The quantitative estimate of drug-likeness (QED) is 0.903. The minimum absolute atomic E-state index is 0.0279. The van der Waals surface area contributed by atoms with Gasteiger partial charge in [0.15, 0.2) is 0 Å². The third-order valence-corrected chi connectivity index (χ3v) is 5.55. The number of carbonyl (C=O) groups excluding carboxylic acids is 2. The highest BCUT2D eigenvalue weighted by Gasteiger charge is 2.42. The lowest BCUT2D eigenvalue weighted by atomic mass is 9.86. The summed E-state index contributed by atoms with van der Waals surface area (Å²) in [4.78, 5) is 27.5. The molecule has 140 valence electrons. The van der Waals surface area contributed by atoms with Gasteiger partial charge in [0.25, 0.3) is 5.91 Å². The zero-order valence-electron chi connectivity index (χ0n) is 15.3. The summed E-state index contributed by atoms with van der Waals surface area (Å²) in [6.45, 7) is 2.91. The Labute approximate surface area is 158 Å². The van der Waals surface area contributed by atoms with Crippen LogP contribution >= 0.6 is 0 Å². The predicted molar refractivity (Wildman–Crippen MR) is 101 cm³/mol. The van der Waals surface area contributed by atoms with Crippen molar-refractivity contribution in [3.8, 4) is 0 Å². The third kappa shape index (κ3) is 3.72. The van der Waals surface area contributed by atoms with Gasteiger partial charge in [0, 0.05) is 30.6 Å². The number of aryl methyl sites for hydroxylation is 1. The lowest BCUT2D eigenvalue weighted by molar-refractivity contribution is -0.125. The van der Waals surface area contributed by atoms with Crippen molar-refractivity contribution < 1.29 is 14.0 Å². The second kappa shape index (κ2) is 7.14. The highest BCUT2D eigenvalue weighted by Crippen LogP contribution is 2.36. The van der Waals surface area contributed by atoms with Crippen molar-refractivity contribution in [2.45, 2.75) is 31.7 Å². The largest absolute Gasteiger partial charge is 0.353 e. The van der Waals surface area contributed by atoms with Crippen LogP contribution in [0.4, 0.5) is 4.39 Å². The van der Waals surface area contributed by atoms with Crippen LogP contribution in [-0.2, 0) is 4.79 Å². The van der Waals surface area contributed by atoms with E-state index in [0.717, 1.165) is 24.0 Å². The predicted octanol–water partition coefficient (Wildman–Crippen LogP) is 3.27. The Kier molecular flexibility index (Phi) is 4.68. The Balaban J connectivity index is 1.60. The van der Waals surface area contributed by atoms with E-state index in [-0.39, 0.29) is 35.5 Å². The number of benzene rings is 2. The fourth-order valence-electron chi connectivity index (χ4n) is 3.86. The molecule has 2 fully saturated rings. The van der Waals surface area contributed by atoms with Crippen LogP contribution in [0.15, 0.2) is 48.5 Å². The maximum atomic E-state index is 13.2. The van der Waals surface area contributed by atoms with Crippen LogP contribution in [0.5, 0.6) is 0 Å². The molecule has 2 aromatic carbocycles. The van der Waals surface area contributed by atoms with Crippen molar-refractivity contribution in [1.82, 2.24) is 10.2 Å². The maximum Gasteiger partial charge on any atom is 0.253 e. The van der Waals surface area contributed by atoms with Gasteiger partial charge in [-0.1, -0.05) is 24.3 Å². The molecule has 5 heteroatoms. The number of hydrogen-bond acceptors (Lipinski definition) is 2. The van der Waals surface area contributed by atoms with Gasteiger partial charge in [-0.25, -0.2) is 4.39 Å². The van der Waals surface area contributed by atoms with Crippen LogP contribution in [0, 0.1) is 18.7 Å². The number of hydrogen-bond donors (Lipinski definition) is 1.